The number of nitrogens with two attached hydrogens (primary N) is 1. The lowest BCUT2D eigenvalue weighted by Crippen LogP contribution is -2.36. The average Bonchev–Trinajstić information content (AvgIpc) is 3.30. The van der Waals surface area contributed by atoms with Crippen LogP contribution in [-0.2, 0) is 6.54 Å². The minimum Gasteiger partial charge on any atom is -0.492 e. The van der Waals surface area contributed by atoms with Crippen LogP contribution in [0.4, 0.5) is 5.82 Å². The fourth-order valence-electron chi connectivity index (χ4n) is 2.99. The van der Waals surface area contributed by atoms with Gasteiger partial charge >= 0.3 is 0 Å². The van der Waals surface area contributed by atoms with Gasteiger partial charge in [-0.25, -0.2) is 0 Å². The summed E-state index contributed by atoms with van der Waals surface area (Å²) in [5.74, 6) is -0.737. The molecule has 2 aromatic heterocycles. The smallest absolute Gasteiger partial charge is 0.270 e. The second kappa shape index (κ2) is 8.10. The molecule has 4 N–H and O–H groups in total. The van der Waals surface area contributed by atoms with E-state index in [2.05, 4.69) is 10.4 Å². The molecule has 1 aliphatic carbocycles. The van der Waals surface area contributed by atoms with Crippen molar-refractivity contribution < 1.29 is 9.90 Å². The number of nitrogen functional groups attached to an aromatic ring is 1. The Morgan fingerprint density at radius 3 is 2.52 bits per heavy atom. The molecule has 0 bridgehead atoms. The van der Waals surface area contributed by atoms with Crippen LogP contribution < -0.4 is 16.6 Å². The van der Waals surface area contributed by atoms with E-state index >= 15 is 0 Å². The van der Waals surface area contributed by atoms with Gasteiger partial charge in [-0.2, -0.15) is 4.52 Å². The highest BCUT2D eigenvalue weighted by molar-refractivity contribution is 5.97. The number of fused-ring (bicyclic) bond motifs is 1. The molecule has 0 radical (unpaired) electrons. The van der Waals surface area contributed by atoms with Gasteiger partial charge in [0.25, 0.3) is 11.5 Å². The summed E-state index contributed by atoms with van der Waals surface area (Å²) in [6.07, 6.45) is 5.55. The number of rotatable bonds is 5. The number of halogens is 1. The topological polar surface area (TPSA) is 115 Å². The molecule has 0 saturated heterocycles. The van der Waals surface area contributed by atoms with Gasteiger partial charge in [-0.15, -0.1) is 17.5 Å². The number of carbonyl (C=O) groups is 1. The molecule has 9 heteroatoms. The molecule has 2 aromatic rings. The number of allylic oxidation sites excluding steroid dienone is 1. The van der Waals surface area contributed by atoms with E-state index in [4.69, 9.17) is 5.73 Å². The van der Waals surface area contributed by atoms with Crippen molar-refractivity contribution in [2.24, 2.45) is 11.3 Å². The number of hydrogen-bond acceptors (Lipinski definition) is 5. The monoisotopic (exact) mass is 423 g/mol. The van der Waals surface area contributed by atoms with Gasteiger partial charge in [0, 0.05) is 12.6 Å². The minimum absolute atomic E-state index is 0. The van der Waals surface area contributed by atoms with Crippen LogP contribution in [-0.4, -0.2) is 31.2 Å². The summed E-state index contributed by atoms with van der Waals surface area (Å²) in [5, 5.41) is 17.7. The third kappa shape index (κ3) is 4.75. The maximum atomic E-state index is 13.2. The highest BCUT2D eigenvalue weighted by Crippen LogP contribution is 2.28. The molecule has 2 heterocycles. The van der Waals surface area contributed by atoms with E-state index in [1.165, 1.54) is 9.08 Å². The predicted molar refractivity (Wildman–Crippen MR) is 117 cm³/mol. The van der Waals surface area contributed by atoms with Gasteiger partial charge in [0.2, 0.25) is 5.88 Å². The highest BCUT2D eigenvalue weighted by Gasteiger charge is 2.30. The molecule has 1 fully saturated rings. The van der Waals surface area contributed by atoms with E-state index in [-0.39, 0.29) is 41.2 Å². The van der Waals surface area contributed by atoms with E-state index in [0.29, 0.717) is 17.8 Å². The number of nitrogens with one attached hydrogen (secondary N) is 1. The van der Waals surface area contributed by atoms with Gasteiger partial charge in [-0.3, -0.25) is 14.2 Å². The maximum Gasteiger partial charge on any atom is 0.270 e. The molecule has 0 aromatic carbocycles. The Morgan fingerprint density at radius 2 is 2.00 bits per heavy atom. The first-order valence-electron chi connectivity index (χ1n) is 9.63. The van der Waals surface area contributed by atoms with Gasteiger partial charge in [0.05, 0.1) is 5.56 Å². The number of aromatic nitrogens is 3. The Labute approximate surface area is 176 Å². The minimum atomic E-state index is -0.578. The van der Waals surface area contributed by atoms with Gasteiger partial charge in [-0.05, 0) is 24.2 Å². The Morgan fingerprint density at radius 1 is 1.38 bits per heavy atom. The van der Waals surface area contributed by atoms with Crippen LogP contribution in [0, 0.1) is 11.3 Å². The molecular weight excluding hydrogens is 394 g/mol. The summed E-state index contributed by atoms with van der Waals surface area (Å²) in [7, 11) is 0. The summed E-state index contributed by atoms with van der Waals surface area (Å²) < 4.78 is 2.68. The normalized spacial score (nSPS) is 14.6. The number of nitrogens with zero attached hydrogens (tertiary/aromatic N) is 3. The summed E-state index contributed by atoms with van der Waals surface area (Å²) in [6, 6.07) is 0.0634. The van der Waals surface area contributed by atoms with Crippen LogP contribution in [0.5, 0.6) is 5.88 Å². The summed E-state index contributed by atoms with van der Waals surface area (Å²) in [6.45, 7) is 10.5. The van der Waals surface area contributed by atoms with Crippen LogP contribution in [0.1, 0.15) is 63.4 Å². The van der Waals surface area contributed by atoms with Crippen molar-refractivity contribution in [2.75, 3.05) is 5.73 Å². The first kappa shape index (κ1) is 22.8. The van der Waals surface area contributed by atoms with E-state index in [1.54, 1.807) is 0 Å². The van der Waals surface area contributed by atoms with E-state index in [9.17, 15) is 14.7 Å². The molecule has 8 nitrogen and oxygen atoms in total. The lowest BCUT2D eigenvalue weighted by Gasteiger charge is -2.15. The number of carbonyl (C=O) groups excluding carboxylic acids is 1. The van der Waals surface area contributed by atoms with Crippen molar-refractivity contribution in [3.8, 4) is 5.88 Å². The van der Waals surface area contributed by atoms with Crippen LogP contribution in [0.15, 0.2) is 10.9 Å². The van der Waals surface area contributed by atoms with Gasteiger partial charge in [0.1, 0.15) is 0 Å². The molecule has 0 unspecified atom stereocenters. The molecule has 1 amide bonds. The molecule has 1 saturated carbocycles. The summed E-state index contributed by atoms with van der Waals surface area (Å²) >= 11 is 0. The second-order valence-electron chi connectivity index (χ2n) is 8.99. The number of anilines is 1. The van der Waals surface area contributed by atoms with Crippen molar-refractivity contribution >= 4 is 35.9 Å². The first-order chi connectivity index (χ1) is 13.0. The van der Waals surface area contributed by atoms with Crippen molar-refractivity contribution in [3.63, 3.8) is 0 Å². The molecule has 0 aliphatic heterocycles. The van der Waals surface area contributed by atoms with Crippen LogP contribution in [0.2, 0.25) is 0 Å². The summed E-state index contributed by atoms with van der Waals surface area (Å²) in [5.41, 5.74) is 6.11. The first-order valence-corrected chi connectivity index (χ1v) is 9.63. The molecule has 1 aliphatic rings. The van der Waals surface area contributed by atoms with Crippen molar-refractivity contribution in [2.45, 2.75) is 60.0 Å². The number of amides is 1. The van der Waals surface area contributed by atoms with Crippen LogP contribution >= 0.6 is 12.4 Å². The van der Waals surface area contributed by atoms with E-state index in [1.807, 2.05) is 46.8 Å². The maximum absolute atomic E-state index is 13.2. The molecule has 3 rings (SSSR count). The molecular formula is C20H30ClN5O3. The van der Waals surface area contributed by atoms with Gasteiger partial charge in [0.15, 0.2) is 17.0 Å². The quantitative estimate of drug-likeness (QED) is 0.684. The number of hydrogen-bond donors (Lipinski definition) is 3. The Bertz CT molecular complexity index is 1010. The van der Waals surface area contributed by atoms with Crippen molar-refractivity contribution in [1.82, 2.24) is 19.5 Å². The SMILES string of the molecule is CC(C)Cn1c(=O)c(C(=O)NC2CC2)c(O)n2nc(N)c(/C=C/C(C)(C)C)c12.Cl. The second-order valence-corrected chi connectivity index (χ2v) is 8.99. The zero-order valence-electron chi connectivity index (χ0n) is 17.5. The molecule has 0 atom stereocenters. The van der Waals surface area contributed by atoms with Crippen LogP contribution in [0.3, 0.4) is 0 Å². The molecule has 160 valence electrons. The van der Waals surface area contributed by atoms with Gasteiger partial charge < -0.3 is 16.2 Å². The standard InChI is InChI=1S/C20H29N5O3.ClH/c1-11(2)10-24-17-13(8-9-20(3,4)5)15(21)23-25(17)19(28)14(18(24)27)16(26)22-12-6-7-12;/h8-9,11-12,28H,6-7,10H2,1-5H3,(H2,21,23)(H,22,26);1H/b9-8+;. The number of aromatic hydroxyl groups is 1. The third-order valence-corrected chi connectivity index (χ3v) is 4.50. The lowest BCUT2D eigenvalue weighted by molar-refractivity contribution is 0.0944. The summed E-state index contributed by atoms with van der Waals surface area (Å²) in [4.78, 5) is 25.8. The fourth-order valence-corrected chi connectivity index (χ4v) is 2.99. The molecule has 0 spiro atoms. The zero-order valence-corrected chi connectivity index (χ0v) is 18.3. The van der Waals surface area contributed by atoms with Crippen molar-refractivity contribution in [3.05, 3.63) is 27.6 Å². The van der Waals surface area contributed by atoms with E-state index < -0.39 is 17.3 Å². The lowest BCUT2D eigenvalue weighted by atomic mass is 9.95. The van der Waals surface area contributed by atoms with E-state index in [0.717, 1.165) is 12.8 Å². The zero-order chi connectivity index (χ0) is 20.8. The van der Waals surface area contributed by atoms with Crippen LogP contribution in [0.25, 0.3) is 11.7 Å². The Balaban J connectivity index is 0.00000300. The highest BCUT2D eigenvalue weighted by atomic mass is 35.5. The third-order valence-electron chi connectivity index (χ3n) is 4.50. The Kier molecular flexibility index (Phi) is 6.37. The van der Waals surface area contributed by atoms with Gasteiger partial charge in [-0.1, -0.05) is 46.8 Å². The fraction of sp³-hybridized carbons (Fsp3) is 0.550. The largest absolute Gasteiger partial charge is 0.492 e. The molecule has 29 heavy (non-hydrogen) atoms. The van der Waals surface area contributed by atoms with Crippen molar-refractivity contribution in [1.29, 1.82) is 0 Å². The Hall–Kier alpha value is -2.48. The average molecular weight is 424 g/mol. The predicted octanol–water partition coefficient (Wildman–Crippen LogP) is 2.81.